The van der Waals surface area contributed by atoms with E-state index in [0.717, 1.165) is 30.3 Å². The maximum Gasteiger partial charge on any atom is 0.248 e. The number of carbonyl (C=O) groups is 1. The lowest BCUT2D eigenvalue weighted by Gasteiger charge is -2.27. The van der Waals surface area contributed by atoms with Crippen LogP contribution < -0.4 is 10.9 Å². The smallest absolute Gasteiger partial charge is 0.248 e. The lowest BCUT2D eigenvalue weighted by Crippen LogP contribution is -2.42. The molecule has 3 rings (SSSR count). The van der Waals surface area contributed by atoms with E-state index < -0.39 is 0 Å². The van der Waals surface area contributed by atoms with E-state index in [9.17, 15) is 14.7 Å². The van der Waals surface area contributed by atoms with Crippen molar-refractivity contribution in [3.05, 3.63) is 76.1 Å². The summed E-state index contributed by atoms with van der Waals surface area (Å²) in [6, 6.07) is 17.0. The summed E-state index contributed by atoms with van der Waals surface area (Å²) in [6.07, 6.45) is 1.97. The maximum atomic E-state index is 12.7. The molecule has 0 unspecified atom stereocenters. The third kappa shape index (κ3) is 7.43. The summed E-state index contributed by atoms with van der Waals surface area (Å²) in [5.74, 6) is 0.171. The average Bonchev–Trinajstić information content (AvgIpc) is 2.83. The number of phenols is 1. The predicted octanol–water partition coefficient (Wildman–Crippen LogP) is 3.25. The Morgan fingerprint density at radius 1 is 1.03 bits per heavy atom. The number of aromatic hydroxyl groups is 1. The van der Waals surface area contributed by atoms with Gasteiger partial charge in [0.1, 0.15) is 5.75 Å². The molecule has 0 aliphatic heterocycles. The summed E-state index contributed by atoms with van der Waals surface area (Å²) in [6.45, 7) is 7.13. The minimum Gasteiger partial charge on any atom is -0.506 e. The Bertz CT molecular complexity index is 1110. The van der Waals surface area contributed by atoms with E-state index in [0.29, 0.717) is 38.2 Å². The van der Waals surface area contributed by atoms with Crippen molar-refractivity contribution in [1.29, 1.82) is 0 Å². The average molecular weight is 466 g/mol. The number of aromatic amines is 1. The van der Waals surface area contributed by atoms with E-state index in [1.54, 1.807) is 12.1 Å². The van der Waals surface area contributed by atoms with Crippen molar-refractivity contribution in [3.8, 4) is 5.75 Å². The molecule has 3 aromatic rings. The van der Waals surface area contributed by atoms with Crippen molar-refractivity contribution in [2.75, 3.05) is 32.8 Å². The molecule has 0 saturated carbocycles. The van der Waals surface area contributed by atoms with E-state index in [-0.39, 0.29) is 23.3 Å². The number of aromatic nitrogens is 1. The highest BCUT2D eigenvalue weighted by atomic mass is 16.5. The standard InChI is InChI=1S/C27H35N3O4/c1-20(2)30(26(33)14-19-34-18-13-21-6-4-3-5-7-21)17-16-28-15-12-22-8-10-24(31)27-23(22)9-11-25(32)29-27/h3-11,20,28,31H,12-19H2,1-2H3,(H,29,32). The van der Waals surface area contributed by atoms with Gasteiger partial charge in [0, 0.05) is 30.6 Å². The molecule has 2 aromatic carbocycles. The molecule has 0 bridgehead atoms. The monoisotopic (exact) mass is 465 g/mol. The fourth-order valence-electron chi connectivity index (χ4n) is 3.97. The predicted molar refractivity (Wildman–Crippen MR) is 135 cm³/mol. The van der Waals surface area contributed by atoms with Gasteiger partial charge >= 0.3 is 0 Å². The summed E-state index contributed by atoms with van der Waals surface area (Å²) in [5.41, 5.74) is 2.50. The molecule has 1 heterocycles. The van der Waals surface area contributed by atoms with Crippen LogP contribution in [0.5, 0.6) is 5.75 Å². The number of nitrogens with one attached hydrogen (secondary N) is 2. The topological polar surface area (TPSA) is 94.7 Å². The van der Waals surface area contributed by atoms with E-state index in [1.807, 2.05) is 43.0 Å². The molecule has 0 fully saturated rings. The third-order valence-electron chi connectivity index (χ3n) is 5.85. The molecule has 0 aliphatic rings. The Morgan fingerprint density at radius 3 is 2.59 bits per heavy atom. The van der Waals surface area contributed by atoms with Crippen LogP contribution in [0, 0.1) is 0 Å². The Balaban J connectivity index is 1.38. The van der Waals surface area contributed by atoms with Gasteiger partial charge < -0.3 is 25.0 Å². The van der Waals surface area contributed by atoms with Crippen LogP contribution in [-0.2, 0) is 22.4 Å². The fourth-order valence-corrected chi connectivity index (χ4v) is 3.97. The SMILES string of the molecule is CC(C)N(CCNCCc1ccc(O)c2[nH]c(=O)ccc12)C(=O)CCOCCc1ccccc1. The second-order valence-electron chi connectivity index (χ2n) is 8.63. The second-order valence-corrected chi connectivity index (χ2v) is 8.63. The van der Waals surface area contributed by atoms with E-state index in [2.05, 4.69) is 22.4 Å². The Morgan fingerprint density at radius 2 is 1.82 bits per heavy atom. The lowest BCUT2D eigenvalue weighted by molar-refractivity contribution is -0.134. The molecular weight excluding hydrogens is 430 g/mol. The number of rotatable bonds is 13. The van der Waals surface area contributed by atoms with Crippen LogP contribution in [0.2, 0.25) is 0 Å². The number of benzene rings is 2. The maximum absolute atomic E-state index is 12.7. The largest absolute Gasteiger partial charge is 0.506 e. The number of carbonyl (C=O) groups excluding carboxylic acids is 1. The van der Waals surface area contributed by atoms with Gasteiger partial charge in [-0.25, -0.2) is 0 Å². The number of amides is 1. The number of hydrogen-bond acceptors (Lipinski definition) is 5. The molecule has 1 amide bonds. The third-order valence-corrected chi connectivity index (χ3v) is 5.85. The first-order valence-electron chi connectivity index (χ1n) is 11.9. The summed E-state index contributed by atoms with van der Waals surface area (Å²) < 4.78 is 5.68. The van der Waals surface area contributed by atoms with Crippen LogP contribution in [0.4, 0.5) is 0 Å². The molecule has 0 atom stereocenters. The van der Waals surface area contributed by atoms with Crippen molar-refractivity contribution >= 4 is 16.8 Å². The van der Waals surface area contributed by atoms with Gasteiger partial charge in [-0.1, -0.05) is 36.4 Å². The van der Waals surface area contributed by atoms with Crippen molar-refractivity contribution in [2.45, 2.75) is 39.2 Å². The number of fused-ring (bicyclic) bond motifs is 1. The van der Waals surface area contributed by atoms with Crippen LogP contribution >= 0.6 is 0 Å². The van der Waals surface area contributed by atoms with Gasteiger partial charge in [0.2, 0.25) is 11.5 Å². The molecule has 3 N–H and O–H groups in total. The van der Waals surface area contributed by atoms with Crippen molar-refractivity contribution in [3.63, 3.8) is 0 Å². The number of nitrogens with zero attached hydrogens (tertiary/aromatic N) is 1. The molecule has 7 nitrogen and oxygen atoms in total. The number of phenolic OH excluding ortho intramolecular Hbond substituents is 1. The van der Waals surface area contributed by atoms with Gasteiger partial charge in [0.25, 0.3) is 0 Å². The lowest BCUT2D eigenvalue weighted by atomic mass is 10.0. The quantitative estimate of drug-likeness (QED) is 0.337. The summed E-state index contributed by atoms with van der Waals surface area (Å²) in [5, 5.41) is 14.2. The molecule has 0 radical (unpaired) electrons. The van der Waals surface area contributed by atoms with Crippen molar-refractivity contribution in [2.24, 2.45) is 0 Å². The highest BCUT2D eigenvalue weighted by molar-refractivity contribution is 5.87. The van der Waals surface area contributed by atoms with E-state index >= 15 is 0 Å². The number of ether oxygens (including phenoxy) is 1. The van der Waals surface area contributed by atoms with E-state index in [1.165, 1.54) is 11.6 Å². The molecule has 182 valence electrons. The molecule has 0 spiro atoms. The van der Waals surface area contributed by atoms with Crippen LogP contribution in [0.15, 0.2) is 59.4 Å². The molecular formula is C27H35N3O4. The van der Waals surface area contributed by atoms with Gasteiger partial charge in [0.15, 0.2) is 0 Å². The number of pyridine rings is 1. The summed E-state index contributed by atoms with van der Waals surface area (Å²) in [4.78, 5) is 28.8. The van der Waals surface area contributed by atoms with Crippen LogP contribution in [0.1, 0.15) is 31.4 Å². The first-order valence-corrected chi connectivity index (χ1v) is 11.9. The summed E-state index contributed by atoms with van der Waals surface area (Å²) in [7, 11) is 0. The number of hydrogen-bond donors (Lipinski definition) is 3. The fraction of sp³-hybridized carbons (Fsp3) is 0.407. The molecule has 34 heavy (non-hydrogen) atoms. The molecule has 7 heteroatoms. The van der Waals surface area contributed by atoms with Gasteiger partial charge in [-0.2, -0.15) is 0 Å². The molecule has 0 aliphatic carbocycles. The molecule has 1 aromatic heterocycles. The van der Waals surface area contributed by atoms with E-state index in [4.69, 9.17) is 4.74 Å². The van der Waals surface area contributed by atoms with Crippen molar-refractivity contribution < 1.29 is 14.6 Å². The first kappa shape index (κ1) is 25.5. The summed E-state index contributed by atoms with van der Waals surface area (Å²) >= 11 is 0. The Labute approximate surface area is 200 Å². The zero-order valence-electron chi connectivity index (χ0n) is 20.0. The van der Waals surface area contributed by atoms with Crippen molar-refractivity contribution in [1.82, 2.24) is 15.2 Å². The van der Waals surface area contributed by atoms with Gasteiger partial charge in [-0.15, -0.1) is 0 Å². The zero-order valence-corrected chi connectivity index (χ0v) is 20.0. The normalized spacial score (nSPS) is 11.3. The minimum atomic E-state index is -0.238. The zero-order chi connectivity index (χ0) is 24.3. The highest BCUT2D eigenvalue weighted by Gasteiger charge is 2.16. The first-order chi connectivity index (χ1) is 16.5. The highest BCUT2D eigenvalue weighted by Crippen LogP contribution is 2.24. The van der Waals surface area contributed by atoms with Crippen LogP contribution in [0.25, 0.3) is 10.9 Å². The minimum absolute atomic E-state index is 0.0690. The molecule has 0 saturated heterocycles. The Hall–Kier alpha value is -3.16. The number of H-pyrrole nitrogens is 1. The Kier molecular flexibility index (Phi) is 9.67. The second kappa shape index (κ2) is 12.9. The van der Waals surface area contributed by atoms with Gasteiger partial charge in [-0.05, 0) is 56.5 Å². The van der Waals surface area contributed by atoms with Gasteiger partial charge in [0.05, 0.1) is 25.2 Å². The van der Waals surface area contributed by atoms with Crippen LogP contribution in [0.3, 0.4) is 0 Å². The van der Waals surface area contributed by atoms with Crippen LogP contribution in [-0.4, -0.2) is 59.8 Å². The van der Waals surface area contributed by atoms with Gasteiger partial charge in [-0.3, -0.25) is 9.59 Å².